The summed E-state index contributed by atoms with van der Waals surface area (Å²) in [5.74, 6) is -30.5. The molecule has 0 aromatic carbocycles. The number of halogens is 12. The molecule has 1 saturated heterocycles. The maximum absolute atomic E-state index is 14.5. The highest BCUT2D eigenvalue weighted by Crippen LogP contribution is 2.62. The Kier molecular flexibility index (Phi) is 4.69. The average molecular weight is 402 g/mol. The standard InChI is InChI=1S/C11H10F12O2/c1-4(7(15,16)5(2,12)13)8(17)6(3,14)24-9(25-8,10(18,19)20)11(21,22)23/h4H,1-3H3. The second-order valence-corrected chi connectivity index (χ2v) is 5.61. The number of hydrogen-bond acceptors (Lipinski definition) is 2. The van der Waals surface area contributed by atoms with Crippen LogP contribution in [-0.4, -0.2) is 41.7 Å². The Labute approximate surface area is 132 Å². The van der Waals surface area contributed by atoms with Gasteiger partial charge in [-0.15, -0.1) is 0 Å². The van der Waals surface area contributed by atoms with Gasteiger partial charge in [-0.1, -0.05) is 6.92 Å². The lowest BCUT2D eigenvalue weighted by Gasteiger charge is -2.38. The van der Waals surface area contributed by atoms with E-state index in [0.29, 0.717) is 0 Å². The number of alkyl halides is 12. The van der Waals surface area contributed by atoms with Crippen molar-refractivity contribution >= 4 is 0 Å². The second-order valence-electron chi connectivity index (χ2n) is 5.61. The van der Waals surface area contributed by atoms with Crippen molar-refractivity contribution in [2.75, 3.05) is 0 Å². The van der Waals surface area contributed by atoms with Crippen LogP contribution in [0.5, 0.6) is 0 Å². The molecule has 0 spiro atoms. The summed E-state index contributed by atoms with van der Waals surface area (Å²) in [6, 6.07) is 0. The Morgan fingerprint density at radius 3 is 1.36 bits per heavy atom. The van der Waals surface area contributed by atoms with Gasteiger partial charge in [0.1, 0.15) is 0 Å². The summed E-state index contributed by atoms with van der Waals surface area (Å²) >= 11 is 0. The smallest absolute Gasteiger partial charge is 0.293 e. The molecule has 14 heteroatoms. The fraction of sp³-hybridized carbons (Fsp3) is 1.00. The summed E-state index contributed by atoms with van der Waals surface area (Å²) in [6.07, 6.45) is -13.3. The van der Waals surface area contributed by atoms with E-state index in [4.69, 9.17) is 0 Å². The lowest BCUT2D eigenvalue weighted by molar-refractivity contribution is -0.461. The van der Waals surface area contributed by atoms with Crippen LogP contribution in [-0.2, 0) is 9.47 Å². The molecule has 1 rings (SSSR count). The van der Waals surface area contributed by atoms with Crippen molar-refractivity contribution in [3.63, 3.8) is 0 Å². The van der Waals surface area contributed by atoms with E-state index in [-0.39, 0.29) is 6.92 Å². The predicted octanol–water partition coefficient (Wildman–Crippen LogP) is 5.13. The Balaban J connectivity index is 3.57. The minimum absolute atomic E-state index is 0.235. The third-order valence-electron chi connectivity index (χ3n) is 3.67. The van der Waals surface area contributed by atoms with Crippen molar-refractivity contribution in [2.45, 2.75) is 62.5 Å². The summed E-state index contributed by atoms with van der Waals surface area (Å²) in [6.45, 7) is -1.13. The minimum Gasteiger partial charge on any atom is -0.293 e. The Hall–Kier alpha value is -0.920. The fourth-order valence-corrected chi connectivity index (χ4v) is 2.14. The maximum Gasteiger partial charge on any atom is 0.453 e. The van der Waals surface area contributed by atoms with E-state index >= 15 is 0 Å². The Morgan fingerprint density at radius 1 is 0.760 bits per heavy atom. The van der Waals surface area contributed by atoms with Crippen molar-refractivity contribution < 1.29 is 62.2 Å². The van der Waals surface area contributed by atoms with Crippen LogP contribution in [0.1, 0.15) is 20.8 Å². The molecule has 0 radical (unpaired) electrons. The van der Waals surface area contributed by atoms with E-state index in [1.165, 1.54) is 0 Å². The SMILES string of the molecule is CC(C(F)(F)C(C)(F)F)C1(F)OC(C(F)(F)F)(C(F)(F)F)OC1(C)F. The van der Waals surface area contributed by atoms with E-state index in [9.17, 15) is 52.7 Å². The van der Waals surface area contributed by atoms with Crippen LogP contribution >= 0.6 is 0 Å². The molecular formula is C11H10F12O2. The summed E-state index contributed by atoms with van der Waals surface area (Å²) in [4.78, 5) is 0. The summed E-state index contributed by atoms with van der Waals surface area (Å²) in [7, 11) is 0. The van der Waals surface area contributed by atoms with Gasteiger partial charge in [0.05, 0.1) is 5.92 Å². The van der Waals surface area contributed by atoms with Crippen LogP contribution < -0.4 is 0 Å². The average Bonchev–Trinajstić information content (AvgIpc) is 2.55. The van der Waals surface area contributed by atoms with Gasteiger partial charge in [0.2, 0.25) is 0 Å². The van der Waals surface area contributed by atoms with E-state index in [2.05, 4.69) is 9.47 Å². The molecule has 1 aliphatic rings. The molecule has 1 fully saturated rings. The highest BCUT2D eigenvalue weighted by atomic mass is 19.4. The molecule has 25 heavy (non-hydrogen) atoms. The van der Waals surface area contributed by atoms with Gasteiger partial charge in [0.25, 0.3) is 11.7 Å². The first kappa shape index (κ1) is 22.1. The molecule has 0 amide bonds. The Bertz CT molecular complexity index is 503. The van der Waals surface area contributed by atoms with E-state index in [1.807, 2.05) is 0 Å². The Morgan fingerprint density at radius 2 is 1.12 bits per heavy atom. The molecule has 0 saturated carbocycles. The third kappa shape index (κ3) is 2.94. The largest absolute Gasteiger partial charge is 0.453 e. The fourth-order valence-electron chi connectivity index (χ4n) is 2.14. The van der Waals surface area contributed by atoms with E-state index in [1.54, 1.807) is 0 Å². The highest BCUT2D eigenvalue weighted by molar-refractivity contribution is 5.07. The lowest BCUT2D eigenvalue weighted by Crippen LogP contribution is -2.60. The topological polar surface area (TPSA) is 18.5 Å². The van der Waals surface area contributed by atoms with E-state index < -0.39 is 61.5 Å². The number of rotatable bonds is 3. The molecular weight excluding hydrogens is 392 g/mol. The number of hydrogen-bond donors (Lipinski definition) is 0. The first-order valence-corrected chi connectivity index (χ1v) is 6.24. The van der Waals surface area contributed by atoms with Crippen LogP contribution in [0.2, 0.25) is 0 Å². The first-order chi connectivity index (χ1) is 10.6. The zero-order chi connectivity index (χ0) is 20.5. The molecule has 2 nitrogen and oxygen atoms in total. The van der Waals surface area contributed by atoms with Gasteiger partial charge in [-0.3, -0.25) is 9.47 Å². The third-order valence-corrected chi connectivity index (χ3v) is 3.67. The van der Waals surface area contributed by atoms with Crippen LogP contribution in [0.15, 0.2) is 0 Å². The van der Waals surface area contributed by atoms with Crippen LogP contribution in [0.3, 0.4) is 0 Å². The molecule has 3 unspecified atom stereocenters. The summed E-state index contributed by atoms with van der Waals surface area (Å²) < 4.78 is 164. The van der Waals surface area contributed by atoms with Gasteiger partial charge in [-0.05, 0) is 0 Å². The first-order valence-electron chi connectivity index (χ1n) is 6.24. The normalized spacial score (nSPS) is 32.8. The molecule has 0 aromatic heterocycles. The molecule has 0 aliphatic carbocycles. The predicted molar refractivity (Wildman–Crippen MR) is 55.1 cm³/mol. The van der Waals surface area contributed by atoms with Crippen LogP contribution in [0, 0.1) is 5.92 Å². The van der Waals surface area contributed by atoms with Crippen molar-refractivity contribution in [2.24, 2.45) is 5.92 Å². The van der Waals surface area contributed by atoms with Crippen molar-refractivity contribution in [1.82, 2.24) is 0 Å². The summed E-state index contributed by atoms with van der Waals surface area (Å²) in [5.41, 5.74) is 0. The van der Waals surface area contributed by atoms with E-state index in [0.717, 1.165) is 0 Å². The molecule has 3 atom stereocenters. The van der Waals surface area contributed by atoms with Gasteiger partial charge >= 0.3 is 30.0 Å². The minimum atomic E-state index is -6.67. The maximum atomic E-state index is 14.5. The van der Waals surface area contributed by atoms with Gasteiger partial charge < -0.3 is 0 Å². The quantitative estimate of drug-likeness (QED) is 0.610. The van der Waals surface area contributed by atoms with Crippen molar-refractivity contribution in [1.29, 1.82) is 0 Å². The van der Waals surface area contributed by atoms with Gasteiger partial charge in [-0.2, -0.15) is 35.1 Å². The monoisotopic (exact) mass is 402 g/mol. The van der Waals surface area contributed by atoms with Gasteiger partial charge in [0, 0.05) is 13.8 Å². The molecule has 1 aliphatic heterocycles. The molecule has 0 aromatic rings. The summed E-state index contributed by atoms with van der Waals surface area (Å²) in [5, 5.41) is 0. The molecule has 1 heterocycles. The molecule has 0 N–H and O–H groups in total. The zero-order valence-electron chi connectivity index (χ0n) is 12.4. The molecule has 0 bridgehead atoms. The molecule has 150 valence electrons. The highest BCUT2D eigenvalue weighted by Gasteiger charge is 2.87. The zero-order valence-corrected chi connectivity index (χ0v) is 12.4. The number of ether oxygens (including phenoxy) is 2. The van der Waals surface area contributed by atoms with Gasteiger partial charge in [-0.25, -0.2) is 17.6 Å². The van der Waals surface area contributed by atoms with Crippen LogP contribution in [0.25, 0.3) is 0 Å². The van der Waals surface area contributed by atoms with Crippen LogP contribution in [0.4, 0.5) is 52.7 Å². The van der Waals surface area contributed by atoms with Crippen molar-refractivity contribution in [3.05, 3.63) is 0 Å². The van der Waals surface area contributed by atoms with Gasteiger partial charge in [0.15, 0.2) is 0 Å². The second kappa shape index (κ2) is 5.30. The van der Waals surface area contributed by atoms with Crippen molar-refractivity contribution in [3.8, 4) is 0 Å². The lowest BCUT2D eigenvalue weighted by atomic mass is 9.87.